The van der Waals surface area contributed by atoms with Crippen molar-refractivity contribution in [2.75, 3.05) is 11.9 Å². The number of hydrogen-bond acceptors (Lipinski definition) is 2. The molecule has 0 aliphatic rings. The quantitative estimate of drug-likeness (QED) is 0.604. The van der Waals surface area contributed by atoms with Gasteiger partial charge in [-0.1, -0.05) is 0 Å². The maximum atomic E-state index is 12.8. The van der Waals surface area contributed by atoms with Crippen molar-refractivity contribution in [3.05, 3.63) is 29.6 Å². The van der Waals surface area contributed by atoms with Crippen molar-refractivity contribution in [3.8, 4) is 17.9 Å². The number of rotatable bonds is 3. The van der Waals surface area contributed by atoms with Gasteiger partial charge in [0, 0.05) is 13.0 Å². The number of nitrogens with zero attached hydrogens (tertiary/aromatic N) is 1. The van der Waals surface area contributed by atoms with Crippen molar-refractivity contribution in [2.45, 2.75) is 13.3 Å². The van der Waals surface area contributed by atoms with Crippen molar-refractivity contribution >= 4 is 5.69 Å². The highest BCUT2D eigenvalue weighted by atomic mass is 19.1. The lowest BCUT2D eigenvalue weighted by Gasteiger charge is -2.05. The Labute approximate surface area is 88.7 Å². The van der Waals surface area contributed by atoms with E-state index in [4.69, 9.17) is 5.26 Å². The summed E-state index contributed by atoms with van der Waals surface area (Å²) in [7, 11) is 0. The first kappa shape index (κ1) is 11.1. The lowest BCUT2D eigenvalue weighted by Crippen LogP contribution is -2.02. The average molecular weight is 202 g/mol. The minimum absolute atomic E-state index is 0.319. The summed E-state index contributed by atoms with van der Waals surface area (Å²) in [5, 5.41) is 11.8. The normalized spacial score (nSPS) is 8.60. The Hall–Kier alpha value is -2.00. The molecule has 0 atom stereocenters. The molecule has 1 rings (SSSR count). The molecule has 3 heteroatoms. The van der Waals surface area contributed by atoms with E-state index >= 15 is 0 Å². The van der Waals surface area contributed by atoms with E-state index in [2.05, 4.69) is 17.2 Å². The zero-order valence-corrected chi connectivity index (χ0v) is 8.47. The van der Waals surface area contributed by atoms with Crippen LogP contribution < -0.4 is 5.32 Å². The molecule has 0 unspecified atom stereocenters. The molecule has 0 fully saturated rings. The second-order valence-corrected chi connectivity index (χ2v) is 2.91. The largest absolute Gasteiger partial charge is 0.383 e. The van der Waals surface area contributed by atoms with Crippen LogP contribution in [0.1, 0.15) is 18.9 Å². The first-order chi connectivity index (χ1) is 7.27. The Morgan fingerprint density at radius 1 is 1.47 bits per heavy atom. The van der Waals surface area contributed by atoms with Crippen LogP contribution >= 0.6 is 0 Å². The van der Waals surface area contributed by atoms with Gasteiger partial charge in [-0.05, 0) is 25.1 Å². The predicted octanol–water partition coefficient (Wildman–Crippen LogP) is 2.52. The Morgan fingerprint density at radius 2 is 2.27 bits per heavy atom. The highest BCUT2D eigenvalue weighted by Gasteiger charge is 2.01. The van der Waals surface area contributed by atoms with Crippen LogP contribution in [0.3, 0.4) is 0 Å². The average Bonchev–Trinajstić information content (AvgIpc) is 2.26. The molecule has 1 aromatic carbocycles. The molecule has 0 aromatic heterocycles. The van der Waals surface area contributed by atoms with Crippen LogP contribution in [0.5, 0.6) is 0 Å². The fourth-order valence-corrected chi connectivity index (χ4v) is 1.15. The van der Waals surface area contributed by atoms with Gasteiger partial charge in [-0.2, -0.15) is 5.26 Å². The van der Waals surface area contributed by atoms with Gasteiger partial charge in [0.05, 0.1) is 11.3 Å². The van der Waals surface area contributed by atoms with Crippen molar-refractivity contribution in [3.63, 3.8) is 0 Å². The molecule has 1 N–H and O–H groups in total. The Bertz CT molecular complexity index is 435. The molecule has 0 aliphatic carbocycles. The van der Waals surface area contributed by atoms with E-state index in [9.17, 15) is 4.39 Å². The number of nitriles is 1. The Kier molecular flexibility index (Phi) is 4.19. The summed E-state index contributed by atoms with van der Waals surface area (Å²) in [5.74, 6) is 5.28. The van der Waals surface area contributed by atoms with Crippen molar-refractivity contribution in [1.29, 1.82) is 5.26 Å². The number of nitrogens with one attached hydrogen (secondary N) is 1. The number of hydrogen-bond donors (Lipinski definition) is 1. The summed E-state index contributed by atoms with van der Waals surface area (Å²) in [5.41, 5.74) is 0.969. The number of anilines is 1. The minimum Gasteiger partial charge on any atom is -0.383 e. The standard InChI is InChI=1S/C12H11FN2/c1-2-3-4-7-15-12-6-5-11(13)8-10(12)9-14/h5-6,8,15H,4,7H2,1H3. The summed E-state index contributed by atoms with van der Waals surface area (Å²) >= 11 is 0. The molecule has 76 valence electrons. The molecule has 0 aliphatic heterocycles. The molecule has 0 saturated carbocycles. The van der Waals surface area contributed by atoms with Crippen LogP contribution in [0.2, 0.25) is 0 Å². The molecule has 0 amide bonds. The van der Waals surface area contributed by atoms with E-state index in [0.717, 1.165) is 0 Å². The van der Waals surface area contributed by atoms with Crippen LogP contribution in [0.15, 0.2) is 18.2 Å². The van der Waals surface area contributed by atoms with Crippen LogP contribution in [-0.2, 0) is 0 Å². The predicted molar refractivity (Wildman–Crippen MR) is 57.7 cm³/mol. The van der Waals surface area contributed by atoms with Gasteiger partial charge in [-0.25, -0.2) is 4.39 Å². The van der Waals surface area contributed by atoms with Gasteiger partial charge in [0.1, 0.15) is 11.9 Å². The molecular formula is C12H11FN2. The fraction of sp³-hybridized carbons (Fsp3) is 0.250. The van der Waals surface area contributed by atoms with Crippen molar-refractivity contribution in [1.82, 2.24) is 0 Å². The third-order valence-electron chi connectivity index (χ3n) is 1.84. The van der Waals surface area contributed by atoms with E-state index in [1.807, 2.05) is 6.07 Å². The second kappa shape index (κ2) is 5.67. The first-order valence-electron chi connectivity index (χ1n) is 4.61. The molecule has 2 nitrogen and oxygen atoms in total. The Balaban J connectivity index is 2.67. The Morgan fingerprint density at radius 3 is 2.93 bits per heavy atom. The number of benzene rings is 1. The van der Waals surface area contributed by atoms with Gasteiger partial charge in [-0.3, -0.25) is 0 Å². The van der Waals surface area contributed by atoms with E-state index in [0.29, 0.717) is 24.2 Å². The summed E-state index contributed by atoms with van der Waals surface area (Å²) in [4.78, 5) is 0. The monoisotopic (exact) mass is 202 g/mol. The van der Waals surface area contributed by atoms with Gasteiger partial charge in [0.15, 0.2) is 0 Å². The topological polar surface area (TPSA) is 35.8 Å². The smallest absolute Gasteiger partial charge is 0.124 e. The van der Waals surface area contributed by atoms with Gasteiger partial charge in [0.25, 0.3) is 0 Å². The summed E-state index contributed by atoms with van der Waals surface area (Å²) < 4.78 is 12.8. The molecule has 1 aromatic rings. The summed E-state index contributed by atoms with van der Waals surface area (Å²) in [6, 6.07) is 6.05. The molecule has 15 heavy (non-hydrogen) atoms. The minimum atomic E-state index is -0.398. The summed E-state index contributed by atoms with van der Waals surface area (Å²) in [6.45, 7) is 2.43. The first-order valence-corrected chi connectivity index (χ1v) is 4.61. The lowest BCUT2D eigenvalue weighted by atomic mass is 10.2. The zero-order chi connectivity index (χ0) is 11.1. The van der Waals surface area contributed by atoms with Crippen molar-refractivity contribution in [2.24, 2.45) is 0 Å². The lowest BCUT2D eigenvalue weighted by molar-refractivity contribution is 0.627. The zero-order valence-electron chi connectivity index (χ0n) is 8.47. The van der Waals surface area contributed by atoms with Crippen LogP contribution in [-0.4, -0.2) is 6.54 Å². The maximum Gasteiger partial charge on any atom is 0.124 e. The molecular weight excluding hydrogens is 191 g/mol. The number of halogens is 1. The van der Waals surface area contributed by atoms with Gasteiger partial charge in [-0.15, -0.1) is 11.8 Å². The molecule has 0 heterocycles. The molecule has 0 saturated heterocycles. The fourth-order valence-electron chi connectivity index (χ4n) is 1.15. The molecule has 0 spiro atoms. The SMILES string of the molecule is CC#CCCNc1ccc(F)cc1C#N. The second-order valence-electron chi connectivity index (χ2n) is 2.91. The molecule has 0 bridgehead atoms. The van der Waals surface area contributed by atoms with Gasteiger partial charge in [0.2, 0.25) is 0 Å². The highest BCUT2D eigenvalue weighted by molar-refractivity contribution is 5.57. The third kappa shape index (κ3) is 3.32. The maximum absolute atomic E-state index is 12.8. The van der Waals surface area contributed by atoms with Gasteiger partial charge >= 0.3 is 0 Å². The van der Waals surface area contributed by atoms with E-state index < -0.39 is 5.82 Å². The van der Waals surface area contributed by atoms with E-state index in [-0.39, 0.29) is 0 Å². The van der Waals surface area contributed by atoms with Crippen LogP contribution in [0.4, 0.5) is 10.1 Å². The van der Waals surface area contributed by atoms with Crippen LogP contribution in [0, 0.1) is 29.0 Å². The highest BCUT2D eigenvalue weighted by Crippen LogP contribution is 2.15. The van der Waals surface area contributed by atoms with Gasteiger partial charge < -0.3 is 5.32 Å². The van der Waals surface area contributed by atoms with E-state index in [1.165, 1.54) is 12.1 Å². The van der Waals surface area contributed by atoms with Crippen LogP contribution in [0.25, 0.3) is 0 Å². The van der Waals surface area contributed by atoms with Crippen molar-refractivity contribution < 1.29 is 4.39 Å². The molecule has 0 radical (unpaired) electrons. The summed E-state index contributed by atoms with van der Waals surface area (Å²) in [6.07, 6.45) is 0.707. The third-order valence-corrected chi connectivity index (χ3v) is 1.84. The van der Waals surface area contributed by atoms with E-state index in [1.54, 1.807) is 13.0 Å².